The maximum absolute atomic E-state index is 13.0. The third-order valence-electron chi connectivity index (χ3n) is 4.59. The SMILES string of the molecule is COc1ccc(-c2c(-c3ccccc3)c(=O)oc3ccccc23)c(OC(C)=O)c1. The van der Waals surface area contributed by atoms with E-state index in [2.05, 4.69) is 0 Å². The van der Waals surface area contributed by atoms with Crippen molar-refractivity contribution in [2.24, 2.45) is 0 Å². The Bertz CT molecular complexity index is 1260. The molecular weight excluding hydrogens is 368 g/mol. The lowest BCUT2D eigenvalue weighted by Gasteiger charge is -2.16. The van der Waals surface area contributed by atoms with E-state index in [1.807, 2.05) is 42.5 Å². The van der Waals surface area contributed by atoms with Gasteiger partial charge in [0, 0.05) is 29.5 Å². The van der Waals surface area contributed by atoms with Crippen LogP contribution >= 0.6 is 0 Å². The quantitative estimate of drug-likeness (QED) is 0.279. The van der Waals surface area contributed by atoms with Crippen molar-refractivity contribution in [3.8, 4) is 33.8 Å². The summed E-state index contributed by atoms with van der Waals surface area (Å²) < 4.78 is 16.3. The Hall–Kier alpha value is -3.86. The molecule has 0 aliphatic carbocycles. The van der Waals surface area contributed by atoms with Gasteiger partial charge in [0.1, 0.15) is 17.1 Å². The molecule has 29 heavy (non-hydrogen) atoms. The zero-order valence-corrected chi connectivity index (χ0v) is 16.0. The van der Waals surface area contributed by atoms with Gasteiger partial charge in [-0.15, -0.1) is 0 Å². The van der Waals surface area contributed by atoms with Crippen molar-refractivity contribution >= 4 is 16.9 Å². The summed E-state index contributed by atoms with van der Waals surface area (Å²) in [5.74, 6) is 0.386. The molecule has 0 bridgehead atoms. The molecule has 0 fully saturated rings. The average molecular weight is 386 g/mol. The van der Waals surface area contributed by atoms with Crippen LogP contribution in [0.25, 0.3) is 33.2 Å². The Morgan fingerprint density at radius 3 is 2.34 bits per heavy atom. The van der Waals surface area contributed by atoms with E-state index in [0.717, 1.165) is 5.39 Å². The van der Waals surface area contributed by atoms with Crippen LogP contribution in [0.2, 0.25) is 0 Å². The van der Waals surface area contributed by atoms with Gasteiger partial charge in [-0.2, -0.15) is 0 Å². The molecule has 0 atom stereocenters. The van der Waals surface area contributed by atoms with Gasteiger partial charge in [0.05, 0.1) is 12.7 Å². The van der Waals surface area contributed by atoms with Gasteiger partial charge < -0.3 is 13.9 Å². The van der Waals surface area contributed by atoms with Crippen molar-refractivity contribution in [1.82, 2.24) is 0 Å². The highest BCUT2D eigenvalue weighted by Gasteiger charge is 2.21. The molecule has 0 aliphatic rings. The highest BCUT2D eigenvalue weighted by Crippen LogP contribution is 2.41. The lowest BCUT2D eigenvalue weighted by molar-refractivity contribution is -0.131. The summed E-state index contributed by atoms with van der Waals surface area (Å²) in [5.41, 5.74) is 2.35. The average Bonchev–Trinajstić information content (AvgIpc) is 2.73. The molecule has 0 amide bonds. The molecule has 0 saturated heterocycles. The molecule has 0 aliphatic heterocycles. The lowest BCUT2D eigenvalue weighted by atomic mass is 9.92. The predicted octanol–water partition coefficient (Wildman–Crippen LogP) is 5.06. The maximum atomic E-state index is 13.0. The number of carbonyl (C=O) groups is 1. The van der Waals surface area contributed by atoms with Gasteiger partial charge in [-0.05, 0) is 23.8 Å². The van der Waals surface area contributed by atoms with Gasteiger partial charge in [0.15, 0.2) is 0 Å². The van der Waals surface area contributed by atoms with Gasteiger partial charge in [-0.3, -0.25) is 4.79 Å². The van der Waals surface area contributed by atoms with Crippen LogP contribution in [0, 0.1) is 0 Å². The van der Waals surface area contributed by atoms with Gasteiger partial charge in [-0.1, -0.05) is 48.5 Å². The largest absolute Gasteiger partial charge is 0.497 e. The van der Waals surface area contributed by atoms with Crippen molar-refractivity contribution in [3.05, 3.63) is 83.2 Å². The number of ether oxygens (including phenoxy) is 2. The highest BCUT2D eigenvalue weighted by atomic mass is 16.5. The first kappa shape index (κ1) is 18.5. The fraction of sp³-hybridized carbons (Fsp3) is 0.0833. The van der Waals surface area contributed by atoms with Crippen LogP contribution < -0.4 is 15.1 Å². The van der Waals surface area contributed by atoms with Gasteiger partial charge in [0.2, 0.25) is 0 Å². The molecule has 1 heterocycles. The Labute approximate surface area is 167 Å². The second kappa shape index (κ2) is 7.64. The van der Waals surface area contributed by atoms with Crippen molar-refractivity contribution < 1.29 is 18.7 Å². The molecule has 5 heteroatoms. The van der Waals surface area contributed by atoms with Crippen molar-refractivity contribution in [3.63, 3.8) is 0 Å². The Morgan fingerprint density at radius 2 is 1.62 bits per heavy atom. The van der Waals surface area contributed by atoms with E-state index < -0.39 is 11.6 Å². The fourth-order valence-electron chi connectivity index (χ4n) is 3.37. The lowest BCUT2D eigenvalue weighted by Crippen LogP contribution is -2.08. The molecule has 0 spiro atoms. The molecule has 144 valence electrons. The first-order chi connectivity index (χ1) is 14.1. The van der Waals surface area contributed by atoms with Crippen LogP contribution in [0.4, 0.5) is 0 Å². The smallest absolute Gasteiger partial charge is 0.344 e. The summed E-state index contributed by atoms with van der Waals surface area (Å²) in [5, 5.41) is 0.740. The Balaban J connectivity index is 2.13. The number of carbonyl (C=O) groups excluding carboxylic acids is 1. The van der Waals surface area contributed by atoms with Crippen molar-refractivity contribution in [2.75, 3.05) is 7.11 Å². The molecule has 4 aromatic rings. The normalized spacial score (nSPS) is 10.7. The number of methoxy groups -OCH3 is 1. The second-order valence-electron chi connectivity index (χ2n) is 6.46. The van der Waals surface area contributed by atoms with E-state index >= 15 is 0 Å². The molecule has 4 rings (SSSR count). The highest BCUT2D eigenvalue weighted by molar-refractivity contribution is 6.02. The first-order valence-electron chi connectivity index (χ1n) is 9.06. The van der Waals surface area contributed by atoms with E-state index in [9.17, 15) is 9.59 Å². The second-order valence-corrected chi connectivity index (χ2v) is 6.46. The molecule has 0 saturated carbocycles. The maximum Gasteiger partial charge on any atom is 0.344 e. The molecular formula is C24H18O5. The standard InChI is InChI=1S/C24H18O5/c1-15(25)28-21-14-17(27-2)12-13-19(21)23-18-10-6-7-11-20(18)29-24(26)22(23)16-8-4-3-5-9-16/h3-14H,1-2H3. The van der Waals surface area contributed by atoms with E-state index in [1.54, 1.807) is 30.3 Å². The molecule has 0 radical (unpaired) electrons. The zero-order chi connectivity index (χ0) is 20.4. The number of fused-ring (bicyclic) bond motifs is 1. The van der Waals surface area contributed by atoms with E-state index in [-0.39, 0.29) is 0 Å². The molecule has 0 unspecified atom stereocenters. The van der Waals surface area contributed by atoms with Crippen LogP contribution in [0.5, 0.6) is 11.5 Å². The van der Waals surface area contributed by atoms with E-state index in [0.29, 0.717) is 39.3 Å². The van der Waals surface area contributed by atoms with Gasteiger partial charge in [-0.25, -0.2) is 4.79 Å². The molecule has 3 aromatic carbocycles. The Morgan fingerprint density at radius 1 is 0.897 bits per heavy atom. The number of hydrogen-bond acceptors (Lipinski definition) is 5. The number of rotatable bonds is 4. The first-order valence-corrected chi connectivity index (χ1v) is 9.06. The summed E-state index contributed by atoms with van der Waals surface area (Å²) in [6.45, 7) is 1.33. The summed E-state index contributed by atoms with van der Waals surface area (Å²) in [6.07, 6.45) is 0. The Kier molecular flexibility index (Phi) is 4.87. The van der Waals surface area contributed by atoms with Crippen LogP contribution in [0.1, 0.15) is 6.92 Å². The summed E-state index contributed by atoms with van der Waals surface area (Å²) in [6, 6.07) is 21.8. The monoisotopic (exact) mass is 386 g/mol. The van der Waals surface area contributed by atoms with Gasteiger partial charge in [0.25, 0.3) is 0 Å². The minimum absolute atomic E-state index is 0.310. The fourth-order valence-corrected chi connectivity index (χ4v) is 3.37. The van der Waals surface area contributed by atoms with E-state index in [1.165, 1.54) is 14.0 Å². The third-order valence-corrected chi connectivity index (χ3v) is 4.59. The molecule has 1 aromatic heterocycles. The minimum atomic E-state index is -0.465. The van der Waals surface area contributed by atoms with Crippen molar-refractivity contribution in [1.29, 1.82) is 0 Å². The third kappa shape index (κ3) is 3.50. The number of para-hydroxylation sites is 1. The summed E-state index contributed by atoms with van der Waals surface area (Å²) >= 11 is 0. The number of esters is 1. The molecule has 5 nitrogen and oxygen atoms in total. The molecule has 0 N–H and O–H groups in total. The summed E-state index contributed by atoms with van der Waals surface area (Å²) in [4.78, 5) is 24.7. The van der Waals surface area contributed by atoms with E-state index in [4.69, 9.17) is 13.9 Å². The number of benzene rings is 3. The van der Waals surface area contributed by atoms with Crippen LogP contribution in [-0.2, 0) is 4.79 Å². The minimum Gasteiger partial charge on any atom is -0.497 e. The predicted molar refractivity (Wildman–Crippen MR) is 111 cm³/mol. The van der Waals surface area contributed by atoms with Crippen LogP contribution in [-0.4, -0.2) is 13.1 Å². The zero-order valence-electron chi connectivity index (χ0n) is 16.0. The summed E-state index contributed by atoms with van der Waals surface area (Å²) in [7, 11) is 1.54. The van der Waals surface area contributed by atoms with Gasteiger partial charge >= 0.3 is 11.6 Å². The van der Waals surface area contributed by atoms with Crippen LogP contribution in [0.15, 0.2) is 82.0 Å². The topological polar surface area (TPSA) is 65.7 Å². The number of hydrogen-bond donors (Lipinski definition) is 0. The van der Waals surface area contributed by atoms with Crippen LogP contribution in [0.3, 0.4) is 0 Å². The van der Waals surface area contributed by atoms with Crippen molar-refractivity contribution in [2.45, 2.75) is 6.92 Å².